The van der Waals surface area contributed by atoms with E-state index in [0.29, 0.717) is 10.8 Å². The van der Waals surface area contributed by atoms with Crippen molar-refractivity contribution in [1.82, 2.24) is 0 Å². The zero-order chi connectivity index (χ0) is 26.6. The zero-order valence-electron chi connectivity index (χ0n) is 20.9. The molecule has 7 heteroatoms. The van der Waals surface area contributed by atoms with Crippen LogP contribution in [0.25, 0.3) is 16.7 Å². The van der Waals surface area contributed by atoms with Gasteiger partial charge in [0.25, 0.3) is 5.91 Å². The second-order valence-electron chi connectivity index (χ2n) is 10.2. The molecular weight excluding hydrogens is 595 g/mol. The summed E-state index contributed by atoms with van der Waals surface area (Å²) in [7, 11) is 0. The molecule has 3 N–H and O–H groups in total. The minimum atomic E-state index is -1.05. The summed E-state index contributed by atoms with van der Waals surface area (Å²) in [5.74, 6) is -0.802. The van der Waals surface area contributed by atoms with Crippen LogP contribution in [-0.2, 0) is 20.8 Å². The van der Waals surface area contributed by atoms with Crippen LogP contribution >= 0.6 is 35.2 Å². The number of carbonyl (C=O) groups is 3. The zero-order valence-corrected chi connectivity index (χ0v) is 23.9. The van der Waals surface area contributed by atoms with Gasteiger partial charge in [-0.15, -0.1) is 0 Å². The summed E-state index contributed by atoms with van der Waals surface area (Å²) in [6.07, 6.45) is 3.92. The molecule has 3 atom stereocenters. The van der Waals surface area contributed by atoms with Gasteiger partial charge in [-0.05, 0) is 102 Å². The summed E-state index contributed by atoms with van der Waals surface area (Å²) in [4.78, 5) is 37.2. The number of amides is 2. The van der Waals surface area contributed by atoms with Crippen LogP contribution in [0.15, 0.2) is 65.8 Å². The number of Topliss-reactive ketones (excluding diaryl/α,β-unsaturated/α-hetero) is 1. The average Bonchev–Trinajstić information content (AvgIpc) is 2.86. The number of aryl methyl sites for hydroxylation is 1. The molecule has 2 aromatic carbocycles. The summed E-state index contributed by atoms with van der Waals surface area (Å²) in [6, 6.07) is 12.2. The number of hydrogen-bond acceptors (Lipinski definition) is 4. The van der Waals surface area contributed by atoms with Crippen molar-refractivity contribution in [2.24, 2.45) is 17.6 Å². The average molecular weight is 625 g/mol. The highest BCUT2D eigenvalue weighted by atomic mass is 127. The van der Waals surface area contributed by atoms with Gasteiger partial charge in [0.2, 0.25) is 5.91 Å². The van der Waals surface area contributed by atoms with E-state index in [1.807, 2.05) is 53.8 Å². The molecule has 2 amide bonds. The highest BCUT2D eigenvalue weighted by molar-refractivity contribution is 14.1. The van der Waals surface area contributed by atoms with Crippen LogP contribution in [0, 0.1) is 18.8 Å². The second kappa shape index (κ2) is 9.58. The van der Waals surface area contributed by atoms with E-state index in [9.17, 15) is 14.4 Å². The number of primary amides is 1. The van der Waals surface area contributed by atoms with Crippen molar-refractivity contribution in [2.75, 3.05) is 9.74 Å². The molecule has 0 saturated carbocycles. The molecule has 0 aliphatic heterocycles. The summed E-state index contributed by atoms with van der Waals surface area (Å²) >= 11 is 7.01. The van der Waals surface area contributed by atoms with Crippen LogP contribution in [0.1, 0.15) is 36.5 Å². The fourth-order valence-corrected chi connectivity index (χ4v) is 7.12. The van der Waals surface area contributed by atoms with E-state index < -0.39 is 10.7 Å². The number of alkyl halides is 1. The first kappa shape index (κ1) is 26.0. The summed E-state index contributed by atoms with van der Waals surface area (Å²) in [5.41, 5.74) is 15.0. The second-order valence-corrected chi connectivity index (χ2v) is 11.7. The van der Waals surface area contributed by atoms with Crippen molar-refractivity contribution < 1.29 is 14.4 Å². The Morgan fingerprint density at radius 1 is 1.19 bits per heavy atom. The Morgan fingerprint density at radius 3 is 2.54 bits per heavy atom. The van der Waals surface area contributed by atoms with Crippen LogP contribution in [0.2, 0.25) is 0 Å². The topological polar surface area (TPSA) is 89.3 Å². The maximum Gasteiger partial charge on any atom is 0.252 e. The predicted octanol–water partition coefficient (Wildman–Crippen LogP) is 5.61. The number of ketones is 1. The van der Waals surface area contributed by atoms with Crippen molar-refractivity contribution in [3.63, 3.8) is 0 Å². The Labute approximate surface area is 236 Å². The fraction of sp³-hybridized carbons (Fsp3) is 0.300. The lowest BCUT2D eigenvalue weighted by Crippen LogP contribution is -2.51. The third-order valence-corrected chi connectivity index (χ3v) is 9.80. The number of fused-ring (bicyclic) bond motifs is 3. The maximum absolute atomic E-state index is 13.4. The molecule has 37 heavy (non-hydrogen) atoms. The molecule has 0 fully saturated rings. The van der Waals surface area contributed by atoms with Gasteiger partial charge in [-0.3, -0.25) is 14.4 Å². The molecule has 0 radical (unpaired) electrons. The Hall–Kier alpha value is -2.65. The van der Waals surface area contributed by atoms with Gasteiger partial charge in [-0.2, -0.15) is 12.6 Å². The van der Waals surface area contributed by atoms with Crippen LogP contribution in [0.4, 0.5) is 5.69 Å². The molecule has 0 heterocycles. The molecule has 2 unspecified atom stereocenters. The molecule has 5 rings (SSSR count). The number of anilines is 1. The van der Waals surface area contributed by atoms with Gasteiger partial charge in [0.15, 0.2) is 5.78 Å². The van der Waals surface area contributed by atoms with Gasteiger partial charge in [-0.1, -0.05) is 59.5 Å². The van der Waals surface area contributed by atoms with Crippen LogP contribution < -0.4 is 11.1 Å². The number of thiol groups is 1. The molecule has 0 aromatic heterocycles. The number of hydrogen-bond donors (Lipinski definition) is 3. The Morgan fingerprint density at radius 2 is 1.89 bits per heavy atom. The number of rotatable bonds is 4. The lowest BCUT2D eigenvalue weighted by atomic mass is 9.59. The first-order chi connectivity index (χ1) is 17.6. The summed E-state index contributed by atoms with van der Waals surface area (Å²) in [6.45, 7) is 8.60. The molecule has 0 bridgehead atoms. The Bertz CT molecular complexity index is 1440. The molecule has 2 aromatic rings. The first-order valence-electron chi connectivity index (χ1n) is 12.3. The minimum absolute atomic E-state index is 0.0106. The quantitative estimate of drug-likeness (QED) is 0.179. The molecule has 5 nitrogen and oxygen atoms in total. The Balaban J connectivity index is 1.58. The third-order valence-electron chi connectivity index (χ3n) is 8.21. The summed E-state index contributed by atoms with van der Waals surface area (Å²) in [5, 5.41) is 2.90. The van der Waals surface area contributed by atoms with E-state index in [0.717, 1.165) is 57.5 Å². The number of carbonyl (C=O) groups excluding carboxylic acids is 3. The highest BCUT2D eigenvalue weighted by Gasteiger charge is 2.53. The largest absolute Gasteiger partial charge is 0.365 e. The Kier molecular flexibility index (Phi) is 6.73. The number of nitrogens with two attached hydrogens (primary N) is 1. The van der Waals surface area contributed by atoms with E-state index in [-0.39, 0.29) is 29.1 Å². The monoisotopic (exact) mass is 624 g/mol. The van der Waals surface area contributed by atoms with Gasteiger partial charge in [0, 0.05) is 5.69 Å². The summed E-state index contributed by atoms with van der Waals surface area (Å²) < 4.78 is -0.640. The van der Waals surface area contributed by atoms with E-state index in [1.54, 1.807) is 6.08 Å². The standard InChI is InChI=1S/C30H29IN2O3S/c1-15-4-10-22(18-5-8-21(9-6-18)33-25(34)14-31)24-13-19-12-20-7-11-23(29(32)36)28(35)30(20,37)17(3)27(19)16(2)26(15)24/h4-6,8-11,19-20,37H,2,7,12-14H2,1,3H3,(H2,32,36)(H,33,34)/t19?,20?,30-/m1/s1. The van der Waals surface area contributed by atoms with Crippen molar-refractivity contribution in [1.29, 1.82) is 0 Å². The van der Waals surface area contributed by atoms with Gasteiger partial charge < -0.3 is 11.1 Å². The van der Waals surface area contributed by atoms with Crippen molar-refractivity contribution in [2.45, 2.75) is 37.9 Å². The van der Waals surface area contributed by atoms with E-state index in [4.69, 9.17) is 18.4 Å². The lowest BCUT2D eigenvalue weighted by Gasteiger charge is -2.49. The van der Waals surface area contributed by atoms with Crippen molar-refractivity contribution >= 4 is 64.1 Å². The van der Waals surface area contributed by atoms with Gasteiger partial charge in [0.05, 0.1) is 10.0 Å². The molecular formula is C30H29IN2O3S. The smallest absolute Gasteiger partial charge is 0.252 e. The number of nitrogens with one attached hydrogen (secondary N) is 1. The molecule has 0 saturated heterocycles. The third kappa shape index (κ3) is 4.11. The first-order valence-corrected chi connectivity index (χ1v) is 14.3. The molecule has 190 valence electrons. The van der Waals surface area contributed by atoms with Crippen LogP contribution in [0.5, 0.6) is 0 Å². The predicted molar refractivity (Wildman–Crippen MR) is 160 cm³/mol. The highest BCUT2D eigenvalue weighted by Crippen LogP contribution is 2.56. The molecule has 3 aliphatic rings. The van der Waals surface area contributed by atoms with Crippen molar-refractivity contribution in [3.05, 3.63) is 82.5 Å². The van der Waals surface area contributed by atoms with Gasteiger partial charge in [-0.25, -0.2) is 0 Å². The lowest BCUT2D eigenvalue weighted by molar-refractivity contribution is -0.123. The van der Waals surface area contributed by atoms with Crippen LogP contribution in [-0.4, -0.2) is 26.8 Å². The number of benzene rings is 2. The van der Waals surface area contributed by atoms with Crippen molar-refractivity contribution in [3.8, 4) is 11.1 Å². The number of allylic oxidation sites excluding steroid dienone is 3. The molecule has 3 aliphatic carbocycles. The normalized spacial score (nSPS) is 24.6. The fourth-order valence-electron chi connectivity index (χ4n) is 6.48. The van der Waals surface area contributed by atoms with E-state index in [2.05, 4.69) is 31.0 Å². The van der Waals surface area contributed by atoms with Crippen LogP contribution in [0.3, 0.4) is 0 Å². The minimum Gasteiger partial charge on any atom is -0.365 e. The number of halogens is 1. The molecule has 0 spiro atoms. The van der Waals surface area contributed by atoms with Gasteiger partial charge in [0.1, 0.15) is 4.75 Å². The van der Waals surface area contributed by atoms with E-state index in [1.165, 1.54) is 5.56 Å². The SMILES string of the molecule is C=C1C2=C(C)[C@]3(S)C(=O)C(C(N)=O)=CCC3CC2Cc2c(-c3ccc(NC(=O)CI)cc3)ccc(C)c21. The maximum atomic E-state index is 13.4. The van der Waals surface area contributed by atoms with E-state index >= 15 is 0 Å². The van der Waals surface area contributed by atoms with Gasteiger partial charge >= 0.3 is 0 Å².